The fourth-order valence-corrected chi connectivity index (χ4v) is 5.03. The minimum absolute atomic E-state index is 0.175. The maximum absolute atomic E-state index is 12.3. The number of ether oxygens (including phenoxy) is 3. The first-order valence-electron chi connectivity index (χ1n) is 10.3. The predicted molar refractivity (Wildman–Crippen MR) is 107 cm³/mol. The lowest BCUT2D eigenvalue weighted by Crippen LogP contribution is -2.47. The maximum Gasteiger partial charge on any atom is 0.408 e. The SMILES string of the molecule is COc1ccc2c3c1O[C@H]1C[C@@H](OC(=O)NC4(C(=O)O)CC4)C=C[C@@]31CCN(C)C2. The first-order valence-corrected chi connectivity index (χ1v) is 10.3. The van der Waals surface area contributed by atoms with Gasteiger partial charge in [0.05, 0.1) is 12.5 Å². The Hall–Kier alpha value is -2.74. The predicted octanol–water partition coefficient (Wildman–Crippen LogP) is 2.20. The van der Waals surface area contributed by atoms with Crippen molar-refractivity contribution in [3.8, 4) is 11.5 Å². The van der Waals surface area contributed by atoms with Crippen molar-refractivity contribution in [1.29, 1.82) is 0 Å². The van der Waals surface area contributed by atoms with E-state index in [1.54, 1.807) is 7.11 Å². The third kappa shape index (κ3) is 2.85. The van der Waals surface area contributed by atoms with Crippen LogP contribution in [-0.2, 0) is 21.5 Å². The van der Waals surface area contributed by atoms with Gasteiger partial charge in [0.2, 0.25) is 0 Å². The summed E-state index contributed by atoms with van der Waals surface area (Å²) in [5, 5.41) is 11.8. The summed E-state index contributed by atoms with van der Waals surface area (Å²) in [6.07, 6.45) is 4.96. The van der Waals surface area contributed by atoms with Gasteiger partial charge in [-0.05, 0) is 50.6 Å². The summed E-state index contributed by atoms with van der Waals surface area (Å²) >= 11 is 0. The van der Waals surface area contributed by atoms with Crippen molar-refractivity contribution in [2.75, 3.05) is 20.7 Å². The van der Waals surface area contributed by atoms with Gasteiger partial charge < -0.3 is 29.5 Å². The third-order valence-corrected chi connectivity index (χ3v) is 6.89. The summed E-state index contributed by atoms with van der Waals surface area (Å²) in [5.41, 5.74) is 0.967. The molecule has 3 atom stereocenters. The second kappa shape index (κ2) is 6.63. The number of benzene rings is 1. The lowest BCUT2D eigenvalue weighted by molar-refractivity contribution is -0.140. The molecule has 1 amide bonds. The maximum atomic E-state index is 12.3. The number of hydrogen-bond donors (Lipinski definition) is 2. The van der Waals surface area contributed by atoms with E-state index in [-0.39, 0.29) is 11.5 Å². The van der Waals surface area contributed by atoms with Gasteiger partial charge in [-0.1, -0.05) is 12.1 Å². The van der Waals surface area contributed by atoms with E-state index in [0.717, 1.165) is 25.3 Å². The van der Waals surface area contributed by atoms with Gasteiger partial charge in [-0.25, -0.2) is 9.59 Å². The second-order valence-corrected chi connectivity index (χ2v) is 8.82. The average Bonchev–Trinajstić information content (AvgIpc) is 3.43. The molecule has 2 N–H and O–H groups in total. The minimum Gasteiger partial charge on any atom is -0.493 e. The summed E-state index contributed by atoms with van der Waals surface area (Å²) in [4.78, 5) is 25.9. The van der Waals surface area contributed by atoms with Crippen molar-refractivity contribution in [2.24, 2.45) is 0 Å². The molecular formula is C22H26N2O6. The van der Waals surface area contributed by atoms with E-state index < -0.39 is 23.7 Å². The summed E-state index contributed by atoms with van der Waals surface area (Å²) in [6.45, 7) is 1.77. The molecule has 2 aliphatic carbocycles. The van der Waals surface area contributed by atoms with Gasteiger partial charge in [-0.2, -0.15) is 0 Å². The smallest absolute Gasteiger partial charge is 0.408 e. The molecule has 1 aromatic carbocycles. The first kappa shape index (κ1) is 19.2. The standard InChI is InChI=1S/C22H26N2O6/c1-24-10-9-21-6-5-14(29-20(27)23-22(7-8-22)19(25)26)11-16(21)30-18-15(28-2)4-3-13(12-24)17(18)21/h3-6,14,16H,7-12H2,1-2H3,(H,23,27)(H,25,26)/t14-,16-,21-/m0/s1. The summed E-state index contributed by atoms with van der Waals surface area (Å²) in [7, 11) is 3.75. The van der Waals surface area contributed by atoms with E-state index in [9.17, 15) is 14.7 Å². The monoisotopic (exact) mass is 414 g/mol. The van der Waals surface area contributed by atoms with Gasteiger partial charge in [0, 0.05) is 18.5 Å². The van der Waals surface area contributed by atoms with Gasteiger partial charge in [0.15, 0.2) is 11.5 Å². The van der Waals surface area contributed by atoms with Crippen molar-refractivity contribution < 1.29 is 28.9 Å². The molecule has 2 heterocycles. The topological polar surface area (TPSA) is 97.3 Å². The number of carbonyl (C=O) groups excluding carboxylic acids is 1. The van der Waals surface area contributed by atoms with Crippen LogP contribution in [0, 0.1) is 0 Å². The Bertz CT molecular complexity index is 940. The largest absolute Gasteiger partial charge is 0.493 e. The first-order chi connectivity index (χ1) is 14.4. The quantitative estimate of drug-likeness (QED) is 0.729. The van der Waals surface area contributed by atoms with Crippen molar-refractivity contribution in [1.82, 2.24) is 10.2 Å². The Labute approximate surface area is 174 Å². The Morgan fingerprint density at radius 2 is 2.10 bits per heavy atom. The zero-order valence-corrected chi connectivity index (χ0v) is 17.1. The highest BCUT2D eigenvalue weighted by molar-refractivity contribution is 5.87. The van der Waals surface area contributed by atoms with Gasteiger partial charge in [0.1, 0.15) is 17.7 Å². The average molecular weight is 414 g/mol. The highest BCUT2D eigenvalue weighted by Gasteiger charge is 2.54. The molecule has 4 aliphatic rings. The van der Waals surface area contributed by atoms with Crippen LogP contribution in [0.15, 0.2) is 24.3 Å². The number of carboxylic acid groups (broad SMARTS) is 1. The summed E-state index contributed by atoms with van der Waals surface area (Å²) in [5.74, 6) is 0.482. The Morgan fingerprint density at radius 3 is 2.80 bits per heavy atom. The van der Waals surface area contributed by atoms with E-state index >= 15 is 0 Å². The molecule has 5 rings (SSSR count). The number of carbonyl (C=O) groups is 2. The van der Waals surface area contributed by atoms with E-state index in [1.165, 1.54) is 11.1 Å². The number of nitrogens with zero attached hydrogens (tertiary/aromatic N) is 1. The van der Waals surface area contributed by atoms with Crippen LogP contribution in [0.2, 0.25) is 0 Å². The van der Waals surface area contributed by atoms with E-state index in [0.29, 0.717) is 25.0 Å². The number of methoxy groups -OCH3 is 1. The normalized spacial score (nSPS) is 30.3. The van der Waals surface area contributed by atoms with Crippen LogP contribution in [0.5, 0.6) is 11.5 Å². The third-order valence-electron chi connectivity index (χ3n) is 6.89. The van der Waals surface area contributed by atoms with Gasteiger partial charge >= 0.3 is 12.1 Å². The number of nitrogens with one attached hydrogen (secondary N) is 1. The molecule has 0 aromatic heterocycles. The number of hydrogen-bond acceptors (Lipinski definition) is 6. The van der Waals surface area contributed by atoms with E-state index in [2.05, 4.69) is 29.4 Å². The molecule has 2 aliphatic heterocycles. The van der Waals surface area contributed by atoms with Crippen LogP contribution in [0.1, 0.15) is 36.8 Å². The zero-order chi connectivity index (χ0) is 21.1. The number of aliphatic carboxylic acids is 1. The summed E-state index contributed by atoms with van der Waals surface area (Å²) in [6, 6.07) is 4.06. The number of carboxylic acids is 1. The zero-order valence-electron chi connectivity index (χ0n) is 17.1. The molecule has 160 valence electrons. The van der Waals surface area contributed by atoms with Crippen LogP contribution < -0.4 is 14.8 Å². The van der Waals surface area contributed by atoms with Crippen LogP contribution in [0.25, 0.3) is 0 Å². The Balaban J connectivity index is 1.41. The van der Waals surface area contributed by atoms with E-state index in [4.69, 9.17) is 14.2 Å². The van der Waals surface area contributed by atoms with Gasteiger partial charge in [-0.15, -0.1) is 0 Å². The van der Waals surface area contributed by atoms with Crippen molar-refractivity contribution >= 4 is 12.1 Å². The van der Waals surface area contributed by atoms with Crippen molar-refractivity contribution in [3.63, 3.8) is 0 Å². The fourth-order valence-electron chi connectivity index (χ4n) is 5.03. The van der Waals surface area contributed by atoms with Crippen LogP contribution in [0.4, 0.5) is 4.79 Å². The second-order valence-electron chi connectivity index (χ2n) is 8.82. The van der Waals surface area contributed by atoms with Gasteiger partial charge in [0.25, 0.3) is 0 Å². The Kier molecular flexibility index (Phi) is 4.25. The lowest BCUT2D eigenvalue weighted by Gasteiger charge is -2.36. The fraction of sp³-hybridized carbons (Fsp3) is 0.545. The molecule has 0 radical (unpaired) electrons. The molecule has 1 spiro atoms. The minimum atomic E-state index is -1.16. The summed E-state index contributed by atoms with van der Waals surface area (Å²) < 4.78 is 17.5. The Morgan fingerprint density at radius 1 is 1.30 bits per heavy atom. The number of rotatable bonds is 4. The lowest BCUT2D eigenvalue weighted by atomic mass is 9.69. The molecule has 30 heavy (non-hydrogen) atoms. The highest BCUT2D eigenvalue weighted by Crippen LogP contribution is 2.55. The van der Waals surface area contributed by atoms with Crippen LogP contribution in [-0.4, -0.2) is 60.5 Å². The number of amides is 1. The molecule has 8 heteroatoms. The molecule has 1 fully saturated rings. The molecule has 0 unspecified atom stereocenters. The molecule has 8 nitrogen and oxygen atoms in total. The van der Waals surface area contributed by atoms with Crippen LogP contribution in [0.3, 0.4) is 0 Å². The number of alkyl carbamates (subject to hydrolysis) is 1. The highest BCUT2D eigenvalue weighted by atomic mass is 16.6. The van der Waals surface area contributed by atoms with Crippen molar-refractivity contribution in [2.45, 2.75) is 55.4 Å². The molecule has 0 saturated heterocycles. The molecular weight excluding hydrogens is 388 g/mol. The van der Waals surface area contributed by atoms with Crippen LogP contribution >= 0.6 is 0 Å². The molecule has 0 bridgehead atoms. The molecule has 1 aromatic rings. The van der Waals surface area contributed by atoms with Crippen molar-refractivity contribution in [3.05, 3.63) is 35.4 Å². The molecule has 1 saturated carbocycles. The van der Waals surface area contributed by atoms with Gasteiger partial charge in [-0.3, -0.25) is 0 Å². The van der Waals surface area contributed by atoms with E-state index in [1.807, 2.05) is 12.1 Å².